The number of hydrogen-bond acceptors (Lipinski definition) is 8. The third-order valence-electron chi connectivity index (χ3n) is 8.57. The molecule has 8 heteroatoms. The largest absolute Gasteiger partial charge is 0.462 e. The lowest BCUT2D eigenvalue weighted by molar-refractivity contribution is -0.149. The highest BCUT2D eigenvalue weighted by Gasteiger charge is 2.21. The van der Waals surface area contributed by atoms with E-state index in [9.17, 15) is 19.2 Å². The Morgan fingerprint density at radius 3 is 1.93 bits per heavy atom. The van der Waals surface area contributed by atoms with Crippen LogP contribution in [0, 0.1) is 0 Å². The first-order valence-corrected chi connectivity index (χ1v) is 18.0. The maximum atomic E-state index is 12.3. The highest BCUT2D eigenvalue weighted by atomic mass is 16.5. The molecule has 0 aliphatic heterocycles. The molecule has 0 spiro atoms. The number of carbonyl (C=O) groups is 2. The summed E-state index contributed by atoms with van der Waals surface area (Å²) in [6.07, 6.45) is 23.6. The molecule has 8 nitrogen and oxygen atoms in total. The van der Waals surface area contributed by atoms with Crippen LogP contribution >= 0.6 is 0 Å². The number of ether oxygens (including phenoxy) is 1. The van der Waals surface area contributed by atoms with Gasteiger partial charge in [-0.1, -0.05) is 84.5 Å². The molecule has 254 valence electrons. The van der Waals surface area contributed by atoms with Crippen molar-refractivity contribution in [2.75, 3.05) is 50.5 Å². The van der Waals surface area contributed by atoms with Gasteiger partial charge in [0.05, 0.1) is 0 Å². The normalized spacial score (nSPS) is 12.1. The smallest absolute Gasteiger partial charge is 0.306 e. The first-order chi connectivity index (χ1) is 21.3. The average Bonchev–Trinajstić information content (AvgIpc) is 3.01. The second-order valence-corrected chi connectivity index (χ2v) is 12.7. The monoisotopic (exact) mass is 619 g/mol. The topological polar surface area (TPSA) is 96.0 Å². The number of esters is 1. The van der Waals surface area contributed by atoms with E-state index >= 15 is 0 Å². The molecule has 0 aliphatic carbocycles. The Balaban J connectivity index is 2.28. The molecule has 0 fully saturated rings. The van der Waals surface area contributed by atoms with Gasteiger partial charge < -0.3 is 24.6 Å². The number of carbonyl (C=O) groups excluding carboxylic acids is 2. The number of nitrogens with zero attached hydrogens (tertiary/aromatic N) is 2. The Morgan fingerprint density at radius 2 is 1.32 bits per heavy atom. The Kier molecular flexibility index (Phi) is 23.6. The van der Waals surface area contributed by atoms with Crippen molar-refractivity contribution < 1.29 is 14.3 Å². The van der Waals surface area contributed by atoms with Crippen molar-refractivity contribution in [2.24, 2.45) is 0 Å². The second kappa shape index (κ2) is 26.0. The molecular weight excluding hydrogens is 554 g/mol. The summed E-state index contributed by atoms with van der Waals surface area (Å²) in [5.74, 6) is -0.0322. The molecule has 0 radical (unpaired) electrons. The molecule has 0 heterocycles. The summed E-state index contributed by atoms with van der Waals surface area (Å²) in [4.78, 5) is 50.8. The molecule has 0 bridgehead atoms. The Morgan fingerprint density at radius 1 is 0.750 bits per heavy atom. The minimum atomic E-state index is -0.410. The van der Waals surface area contributed by atoms with Crippen LogP contribution in [0.25, 0.3) is 0 Å². The fraction of sp³-hybridized carbons (Fsp3) is 0.833. The lowest BCUT2D eigenvalue weighted by Gasteiger charge is -2.23. The maximum Gasteiger partial charge on any atom is 0.306 e. The van der Waals surface area contributed by atoms with Gasteiger partial charge in [-0.15, -0.1) is 0 Å². The van der Waals surface area contributed by atoms with E-state index in [-0.39, 0.29) is 12.1 Å². The van der Waals surface area contributed by atoms with E-state index in [0.29, 0.717) is 30.8 Å². The van der Waals surface area contributed by atoms with Crippen LogP contribution in [0.2, 0.25) is 0 Å². The quantitative estimate of drug-likeness (QED) is 0.0397. The van der Waals surface area contributed by atoms with Gasteiger partial charge in [0.15, 0.2) is 0 Å². The number of anilines is 2. The van der Waals surface area contributed by atoms with Crippen molar-refractivity contribution in [3.8, 4) is 0 Å². The second-order valence-electron chi connectivity index (χ2n) is 12.7. The van der Waals surface area contributed by atoms with Gasteiger partial charge >= 0.3 is 5.97 Å². The third-order valence-corrected chi connectivity index (χ3v) is 8.57. The van der Waals surface area contributed by atoms with Gasteiger partial charge in [-0.25, -0.2) is 0 Å². The summed E-state index contributed by atoms with van der Waals surface area (Å²) in [7, 11) is 3.57. The predicted molar refractivity (Wildman–Crippen MR) is 185 cm³/mol. The maximum absolute atomic E-state index is 12.3. The SMILES string of the molecule is CCCCCCCCC(CC)OC(=O)CCCCCCCN(CCCCCCCC=O)CCCNc1c(N(C)C)c(=O)c1=O. The minimum Gasteiger partial charge on any atom is -0.462 e. The molecule has 1 N–H and O–H groups in total. The van der Waals surface area contributed by atoms with E-state index in [1.165, 1.54) is 44.9 Å². The van der Waals surface area contributed by atoms with Crippen LogP contribution in [-0.2, 0) is 14.3 Å². The third kappa shape index (κ3) is 17.9. The molecule has 0 amide bonds. The van der Waals surface area contributed by atoms with E-state index in [1.807, 2.05) is 0 Å². The summed E-state index contributed by atoms with van der Waals surface area (Å²) in [6, 6.07) is 0. The van der Waals surface area contributed by atoms with Gasteiger partial charge in [-0.05, 0) is 71.0 Å². The van der Waals surface area contributed by atoms with Crippen LogP contribution in [0.15, 0.2) is 9.59 Å². The summed E-state index contributed by atoms with van der Waals surface area (Å²) < 4.78 is 5.75. The van der Waals surface area contributed by atoms with Gasteiger partial charge in [0.1, 0.15) is 23.8 Å². The van der Waals surface area contributed by atoms with Crippen molar-refractivity contribution in [1.29, 1.82) is 0 Å². The first-order valence-electron chi connectivity index (χ1n) is 18.0. The lowest BCUT2D eigenvalue weighted by atomic mass is 10.1. The number of rotatable bonds is 31. The number of aldehydes is 1. The molecule has 1 rings (SSSR count). The van der Waals surface area contributed by atoms with Crippen LogP contribution < -0.4 is 21.1 Å². The fourth-order valence-corrected chi connectivity index (χ4v) is 5.79. The lowest BCUT2D eigenvalue weighted by Crippen LogP contribution is -2.40. The standard InChI is InChI=1S/C36H65N3O5/c1-5-7-8-9-13-18-24-31(6-2)44-32(41)25-19-14-12-16-21-28-39(27-20-15-10-11-17-22-30-40)29-23-26-37-33-34(38(3)4)36(43)35(33)42/h30-31,37H,5-29H2,1-4H3. The van der Waals surface area contributed by atoms with Crippen molar-refractivity contribution in [3.05, 3.63) is 20.4 Å². The Hall–Kier alpha value is -2.22. The van der Waals surface area contributed by atoms with Crippen LogP contribution in [-0.4, -0.2) is 63.5 Å². The van der Waals surface area contributed by atoms with E-state index in [4.69, 9.17) is 4.74 Å². The molecular formula is C36H65N3O5. The number of hydrogen-bond donors (Lipinski definition) is 1. The van der Waals surface area contributed by atoms with Gasteiger partial charge in [0, 0.05) is 33.5 Å². The molecule has 0 aliphatic rings. The van der Waals surface area contributed by atoms with E-state index in [0.717, 1.165) is 103 Å². The fourth-order valence-electron chi connectivity index (χ4n) is 5.79. The van der Waals surface area contributed by atoms with Crippen LogP contribution in [0.3, 0.4) is 0 Å². The molecule has 1 aromatic carbocycles. The highest BCUT2D eigenvalue weighted by Crippen LogP contribution is 2.17. The van der Waals surface area contributed by atoms with Crippen molar-refractivity contribution >= 4 is 23.6 Å². The summed E-state index contributed by atoms with van der Waals surface area (Å²) >= 11 is 0. The number of nitrogens with one attached hydrogen (secondary N) is 1. The van der Waals surface area contributed by atoms with Crippen LogP contribution in [0.4, 0.5) is 11.4 Å². The molecule has 44 heavy (non-hydrogen) atoms. The first kappa shape index (κ1) is 39.8. The van der Waals surface area contributed by atoms with Gasteiger partial charge in [0.25, 0.3) is 10.9 Å². The molecule has 0 aromatic heterocycles. The zero-order valence-electron chi connectivity index (χ0n) is 28.8. The predicted octanol–water partition coefficient (Wildman–Crippen LogP) is 7.41. The molecule has 1 aromatic rings. The van der Waals surface area contributed by atoms with E-state index in [1.54, 1.807) is 19.0 Å². The molecule has 0 saturated carbocycles. The van der Waals surface area contributed by atoms with E-state index in [2.05, 4.69) is 24.1 Å². The molecule has 0 saturated heterocycles. The number of unbranched alkanes of at least 4 members (excludes halogenated alkanes) is 14. The Bertz CT molecular complexity index is 941. The molecule has 1 unspecified atom stereocenters. The van der Waals surface area contributed by atoms with Gasteiger partial charge in [0.2, 0.25) is 0 Å². The minimum absolute atomic E-state index is 0.0322. The van der Waals surface area contributed by atoms with E-state index < -0.39 is 10.9 Å². The van der Waals surface area contributed by atoms with Gasteiger partial charge in [-0.2, -0.15) is 0 Å². The summed E-state index contributed by atoms with van der Waals surface area (Å²) in [6.45, 7) is 8.07. The highest BCUT2D eigenvalue weighted by molar-refractivity contribution is 5.74. The summed E-state index contributed by atoms with van der Waals surface area (Å²) in [5.41, 5.74) is 0.117. The van der Waals surface area contributed by atoms with Crippen LogP contribution in [0.5, 0.6) is 0 Å². The molecule has 1 atom stereocenters. The summed E-state index contributed by atoms with van der Waals surface area (Å²) in [5, 5.41) is 3.19. The van der Waals surface area contributed by atoms with Crippen LogP contribution in [0.1, 0.15) is 149 Å². The zero-order valence-corrected chi connectivity index (χ0v) is 28.8. The zero-order chi connectivity index (χ0) is 32.4. The van der Waals surface area contributed by atoms with Crippen molar-refractivity contribution in [3.63, 3.8) is 0 Å². The van der Waals surface area contributed by atoms with Gasteiger partial charge in [-0.3, -0.25) is 14.4 Å². The average molecular weight is 620 g/mol. The van der Waals surface area contributed by atoms with Crippen molar-refractivity contribution in [1.82, 2.24) is 4.90 Å². The van der Waals surface area contributed by atoms with Crippen molar-refractivity contribution in [2.45, 2.75) is 155 Å². The Labute approximate surface area is 268 Å².